The second-order valence-corrected chi connectivity index (χ2v) is 7.17. The fourth-order valence-corrected chi connectivity index (χ4v) is 3.66. The Kier molecular flexibility index (Phi) is 5.45. The number of oxazole rings is 1. The van der Waals surface area contributed by atoms with E-state index in [0.29, 0.717) is 24.9 Å². The highest BCUT2D eigenvalue weighted by molar-refractivity contribution is 5.77. The molecular formula is C20H25N5O3. The first-order valence-electron chi connectivity index (χ1n) is 9.66. The van der Waals surface area contributed by atoms with Crippen molar-refractivity contribution < 1.29 is 13.9 Å². The summed E-state index contributed by atoms with van der Waals surface area (Å²) in [6.07, 6.45) is 5.06. The maximum absolute atomic E-state index is 12.3. The molecule has 0 spiro atoms. The standard InChI is InChI=1S/C20H25N5O3/c1-27-16-4-5-18-17(12-16)23-20(28-18)25-10-2-3-14(13-25)11-19(26)21-8-6-15-7-9-22-24-15/h4-5,7,9,12,14H,2-3,6,8,10-11,13H2,1H3,(H,21,26)(H,22,24). The summed E-state index contributed by atoms with van der Waals surface area (Å²) in [5.41, 5.74) is 2.55. The van der Waals surface area contributed by atoms with Crippen LogP contribution in [0.15, 0.2) is 34.9 Å². The summed E-state index contributed by atoms with van der Waals surface area (Å²) in [5.74, 6) is 1.15. The average molecular weight is 383 g/mol. The van der Waals surface area contributed by atoms with Crippen LogP contribution in [0.1, 0.15) is 25.0 Å². The molecule has 1 saturated heterocycles. The van der Waals surface area contributed by atoms with Crippen molar-refractivity contribution in [3.8, 4) is 5.75 Å². The molecule has 28 heavy (non-hydrogen) atoms. The third kappa shape index (κ3) is 4.27. The monoisotopic (exact) mass is 383 g/mol. The molecule has 0 saturated carbocycles. The molecule has 0 radical (unpaired) electrons. The number of hydrogen-bond donors (Lipinski definition) is 2. The van der Waals surface area contributed by atoms with Crippen molar-refractivity contribution in [3.05, 3.63) is 36.2 Å². The Morgan fingerprint density at radius 2 is 2.36 bits per heavy atom. The van der Waals surface area contributed by atoms with Gasteiger partial charge in [-0.2, -0.15) is 10.1 Å². The van der Waals surface area contributed by atoms with Gasteiger partial charge in [-0.25, -0.2) is 0 Å². The van der Waals surface area contributed by atoms with E-state index in [1.807, 2.05) is 24.3 Å². The minimum Gasteiger partial charge on any atom is -0.497 e. The van der Waals surface area contributed by atoms with Crippen molar-refractivity contribution in [1.82, 2.24) is 20.5 Å². The Labute approximate surface area is 163 Å². The Morgan fingerprint density at radius 3 is 3.18 bits per heavy atom. The number of piperidine rings is 1. The number of rotatable bonds is 7. The number of benzene rings is 1. The van der Waals surface area contributed by atoms with Crippen molar-refractivity contribution in [3.63, 3.8) is 0 Å². The predicted molar refractivity (Wildman–Crippen MR) is 105 cm³/mol. The quantitative estimate of drug-likeness (QED) is 0.651. The van der Waals surface area contributed by atoms with Gasteiger partial charge < -0.3 is 19.4 Å². The summed E-state index contributed by atoms with van der Waals surface area (Å²) >= 11 is 0. The van der Waals surface area contributed by atoms with Crippen LogP contribution in [0.25, 0.3) is 11.1 Å². The molecule has 0 bridgehead atoms. The Hall–Kier alpha value is -3.03. The molecule has 1 fully saturated rings. The third-order valence-corrected chi connectivity index (χ3v) is 5.12. The van der Waals surface area contributed by atoms with E-state index >= 15 is 0 Å². The van der Waals surface area contributed by atoms with Crippen LogP contribution in [0.3, 0.4) is 0 Å². The molecule has 1 atom stereocenters. The van der Waals surface area contributed by atoms with E-state index < -0.39 is 0 Å². The molecule has 8 nitrogen and oxygen atoms in total. The summed E-state index contributed by atoms with van der Waals surface area (Å²) in [6, 6.07) is 8.15. The van der Waals surface area contributed by atoms with Crippen molar-refractivity contribution in [2.24, 2.45) is 5.92 Å². The number of fused-ring (bicyclic) bond motifs is 1. The lowest BCUT2D eigenvalue weighted by Gasteiger charge is -2.31. The van der Waals surface area contributed by atoms with Gasteiger partial charge in [-0.3, -0.25) is 9.89 Å². The zero-order valence-electron chi connectivity index (χ0n) is 16.0. The molecule has 1 aliphatic rings. The van der Waals surface area contributed by atoms with Gasteiger partial charge in [0, 0.05) is 50.4 Å². The molecule has 4 rings (SSSR count). The number of aromatic nitrogens is 3. The molecule has 2 aromatic heterocycles. The molecule has 1 unspecified atom stereocenters. The molecule has 0 aliphatic carbocycles. The van der Waals surface area contributed by atoms with Gasteiger partial charge in [-0.15, -0.1) is 0 Å². The van der Waals surface area contributed by atoms with Crippen LogP contribution in [0.2, 0.25) is 0 Å². The van der Waals surface area contributed by atoms with E-state index in [1.54, 1.807) is 13.3 Å². The van der Waals surface area contributed by atoms with Gasteiger partial charge in [0.15, 0.2) is 5.58 Å². The highest BCUT2D eigenvalue weighted by Crippen LogP contribution is 2.29. The Morgan fingerprint density at radius 1 is 1.43 bits per heavy atom. The number of ether oxygens (including phenoxy) is 1. The van der Waals surface area contributed by atoms with Gasteiger partial charge in [0.1, 0.15) is 11.3 Å². The minimum absolute atomic E-state index is 0.0914. The number of hydrogen-bond acceptors (Lipinski definition) is 6. The van der Waals surface area contributed by atoms with E-state index in [1.165, 1.54) is 0 Å². The van der Waals surface area contributed by atoms with Crippen molar-refractivity contribution in [2.45, 2.75) is 25.7 Å². The summed E-state index contributed by atoms with van der Waals surface area (Å²) in [6.45, 7) is 2.28. The Bertz CT molecular complexity index is 921. The second-order valence-electron chi connectivity index (χ2n) is 7.17. The first-order valence-corrected chi connectivity index (χ1v) is 9.66. The van der Waals surface area contributed by atoms with E-state index in [2.05, 4.69) is 25.4 Å². The van der Waals surface area contributed by atoms with Crippen LogP contribution in [0.5, 0.6) is 5.75 Å². The second kappa shape index (κ2) is 8.33. The maximum atomic E-state index is 12.3. The van der Waals surface area contributed by atoms with Gasteiger partial charge in [0.05, 0.1) is 7.11 Å². The van der Waals surface area contributed by atoms with Crippen molar-refractivity contribution in [2.75, 3.05) is 31.6 Å². The first kappa shape index (κ1) is 18.3. The van der Waals surface area contributed by atoms with Crippen molar-refractivity contribution >= 4 is 23.0 Å². The lowest BCUT2D eigenvalue weighted by atomic mass is 9.94. The van der Waals surface area contributed by atoms with Crippen LogP contribution in [-0.2, 0) is 11.2 Å². The topological polar surface area (TPSA) is 96.3 Å². The molecule has 1 amide bonds. The number of nitrogens with zero attached hydrogens (tertiary/aromatic N) is 3. The predicted octanol–water partition coefficient (Wildman–Crippen LogP) is 2.52. The number of aromatic amines is 1. The zero-order valence-corrected chi connectivity index (χ0v) is 16.0. The van der Waals surface area contributed by atoms with Gasteiger partial charge in [-0.1, -0.05) is 0 Å². The van der Waals surface area contributed by atoms with E-state index in [-0.39, 0.29) is 5.91 Å². The van der Waals surface area contributed by atoms with Crippen LogP contribution in [0.4, 0.5) is 6.01 Å². The number of nitrogens with one attached hydrogen (secondary N) is 2. The fourth-order valence-electron chi connectivity index (χ4n) is 3.66. The molecular weight excluding hydrogens is 358 g/mol. The van der Waals surface area contributed by atoms with Crippen LogP contribution in [-0.4, -0.2) is 47.8 Å². The number of anilines is 1. The van der Waals surface area contributed by atoms with Crippen LogP contribution in [0, 0.1) is 5.92 Å². The average Bonchev–Trinajstić information content (AvgIpc) is 3.37. The summed E-state index contributed by atoms with van der Waals surface area (Å²) in [7, 11) is 1.64. The lowest BCUT2D eigenvalue weighted by molar-refractivity contribution is -0.122. The number of methoxy groups -OCH3 is 1. The molecule has 1 aliphatic heterocycles. The summed E-state index contributed by atoms with van der Waals surface area (Å²) < 4.78 is 11.2. The highest BCUT2D eigenvalue weighted by Gasteiger charge is 2.25. The van der Waals surface area contributed by atoms with Crippen LogP contribution >= 0.6 is 0 Å². The largest absolute Gasteiger partial charge is 0.497 e. The molecule has 3 heterocycles. The zero-order chi connectivity index (χ0) is 19.3. The van der Waals surface area contributed by atoms with Gasteiger partial charge >= 0.3 is 0 Å². The molecule has 1 aromatic carbocycles. The molecule has 2 N–H and O–H groups in total. The fraction of sp³-hybridized carbons (Fsp3) is 0.450. The van der Waals surface area contributed by atoms with Gasteiger partial charge in [-0.05, 0) is 37.0 Å². The SMILES string of the molecule is COc1ccc2oc(N3CCCC(CC(=O)NCCc4ccn[nH]4)C3)nc2c1. The van der Waals surface area contributed by atoms with Gasteiger partial charge in [0.25, 0.3) is 6.01 Å². The summed E-state index contributed by atoms with van der Waals surface area (Å²) in [5, 5.41) is 9.81. The minimum atomic E-state index is 0.0914. The van der Waals surface area contributed by atoms with E-state index in [0.717, 1.165) is 54.9 Å². The lowest BCUT2D eigenvalue weighted by Crippen LogP contribution is -2.38. The smallest absolute Gasteiger partial charge is 0.298 e. The summed E-state index contributed by atoms with van der Waals surface area (Å²) in [4.78, 5) is 19.0. The molecule has 8 heteroatoms. The number of carbonyl (C=O) groups is 1. The Balaban J connectivity index is 1.31. The number of H-pyrrole nitrogens is 1. The maximum Gasteiger partial charge on any atom is 0.298 e. The number of amides is 1. The van der Waals surface area contributed by atoms with E-state index in [4.69, 9.17) is 9.15 Å². The number of carbonyl (C=O) groups excluding carboxylic acids is 1. The van der Waals surface area contributed by atoms with Crippen LogP contribution < -0.4 is 15.0 Å². The van der Waals surface area contributed by atoms with Gasteiger partial charge in [0.2, 0.25) is 5.91 Å². The highest BCUT2D eigenvalue weighted by atomic mass is 16.5. The normalized spacial score (nSPS) is 17.0. The van der Waals surface area contributed by atoms with Crippen molar-refractivity contribution in [1.29, 1.82) is 0 Å². The molecule has 3 aromatic rings. The van der Waals surface area contributed by atoms with E-state index in [9.17, 15) is 4.79 Å². The molecule has 148 valence electrons. The first-order chi connectivity index (χ1) is 13.7. The third-order valence-electron chi connectivity index (χ3n) is 5.12.